The number of carbonyl (C=O) groups excluding carboxylic acids is 1. The lowest BCUT2D eigenvalue weighted by Crippen LogP contribution is -2.44. The quantitative estimate of drug-likeness (QED) is 0.444. The Bertz CT molecular complexity index is 1340. The fourth-order valence-corrected chi connectivity index (χ4v) is 5.02. The van der Waals surface area contributed by atoms with Gasteiger partial charge in [-0.3, -0.25) is 0 Å². The summed E-state index contributed by atoms with van der Waals surface area (Å²) >= 11 is 0. The minimum Gasteiger partial charge on any atom is -0.331 e. The van der Waals surface area contributed by atoms with Crippen LogP contribution < -0.4 is 10.0 Å². The Morgan fingerprint density at radius 3 is 2.35 bits per heavy atom. The first-order valence-corrected chi connectivity index (χ1v) is 13.7. The van der Waals surface area contributed by atoms with Gasteiger partial charge in [-0.05, 0) is 52.8 Å². The molecule has 1 aliphatic heterocycles. The van der Waals surface area contributed by atoms with E-state index in [4.69, 9.17) is 0 Å². The minimum atomic E-state index is -4.39. The van der Waals surface area contributed by atoms with Crippen molar-refractivity contribution in [3.8, 4) is 11.1 Å². The summed E-state index contributed by atoms with van der Waals surface area (Å²) in [7, 11) is -3.35. The lowest BCUT2D eigenvalue weighted by Gasteiger charge is -2.32. The highest BCUT2D eigenvalue weighted by Crippen LogP contribution is 2.34. The maximum atomic E-state index is 13.2. The Balaban J connectivity index is 1.48. The van der Waals surface area contributed by atoms with Crippen LogP contribution in [0.4, 0.5) is 18.0 Å². The van der Waals surface area contributed by atoms with Gasteiger partial charge in [0.2, 0.25) is 10.0 Å². The van der Waals surface area contributed by atoms with E-state index >= 15 is 0 Å². The number of nitrogens with zero attached hydrogens (tertiary/aromatic N) is 1. The fraction of sp³-hybridized carbons (Fsp3) is 0.296. The first kappa shape index (κ1) is 26.7. The molecule has 0 spiro atoms. The lowest BCUT2D eigenvalue weighted by molar-refractivity contribution is -0.137. The number of amides is 2. The number of alkyl halides is 3. The van der Waals surface area contributed by atoms with Crippen molar-refractivity contribution in [1.29, 1.82) is 0 Å². The molecule has 196 valence electrons. The topological polar surface area (TPSA) is 78.5 Å². The van der Waals surface area contributed by atoms with Crippen LogP contribution in [-0.2, 0) is 29.2 Å². The van der Waals surface area contributed by atoms with Crippen LogP contribution in [0.25, 0.3) is 11.1 Å². The third kappa shape index (κ3) is 6.90. The number of fused-ring (bicyclic) bond motifs is 1. The number of hydrogen-bond donors (Lipinski definition) is 2. The Kier molecular flexibility index (Phi) is 7.89. The number of halogens is 3. The highest BCUT2D eigenvalue weighted by molar-refractivity contribution is 7.88. The number of hydrogen-bond acceptors (Lipinski definition) is 3. The first-order chi connectivity index (χ1) is 17.5. The number of sulfonamides is 1. The summed E-state index contributed by atoms with van der Waals surface area (Å²) < 4.78 is 64.3. The van der Waals surface area contributed by atoms with E-state index in [9.17, 15) is 26.4 Å². The largest absolute Gasteiger partial charge is 0.416 e. The second-order valence-electron chi connectivity index (χ2n) is 9.06. The van der Waals surface area contributed by atoms with Gasteiger partial charge in [-0.15, -0.1) is 0 Å². The molecule has 3 aromatic rings. The van der Waals surface area contributed by atoms with Crippen molar-refractivity contribution >= 4 is 16.1 Å². The van der Waals surface area contributed by atoms with Crippen LogP contribution in [-0.4, -0.2) is 38.7 Å². The normalized spacial score (nSPS) is 14.6. The smallest absolute Gasteiger partial charge is 0.331 e. The van der Waals surface area contributed by atoms with E-state index < -0.39 is 21.8 Å². The van der Waals surface area contributed by atoms with E-state index in [0.717, 1.165) is 40.6 Å². The van der Waals surface area contributed by atoms with Crippen LogP contribution in [0.15, 0.2) is 72.8 Å². The number of rotatable bonds is 7. The van der Waals surface area contributed by atoms with Crippen LogP contribution >= 0.6 is 0 Å². The molecule has 0 fully saturated rings. The van der Waals surface area contributed by atoms with Crippen molar-refractivity contribution in [1.82, 2.24) is 14.9 Å². The minimum absolute atomic E-state index is 0.179. The van der Waals surface area contributed by atoms with E-state index in [-0.39, 0.29) is 18.6 Å². The highest BCUT2D eigenvalue weighted by Gasteiger charge is 2.30. The van der Waals surface area contributed by atoms with Gasteiger partial charge in [0, 0.05) is 19.6 Å². The second-order valence-corrected chi connectivity index (χ2v) is 10.9. The molecule has 0 radical (unpaired) electrons. The number of nitrogens with one attached hydrogen (secondary N) is 2. The molecule has 1 atom stereocenters. The van der Waals surface area contributed by atoms with E-state index in [1.54, 1.807) is 4.90 Å². The van der Waals surface area contributed by atoms with Gasteiger partial charge in [0.15, 0.2) is 0 Å². The Morgan fingerprint density at radius 2 is 1.70 bits per heavy atom. The predicted octanol–water partition coefficient (Wildman–Crippen LogP) is 5.12. The molecule has 3 aromatic carbocycles. The molecule has 37 heavy (non-hydrogen) atoms. The molecule has 1 aliphatic rings. The van der Waals surface area contributed by atoms with Gasteiger partial charge in [0.25, 0.3) is 0 Å². The number of carbonyl (C=O) groups is 1. The molecule has 0 saturated carbocycles. The molecule has 4 rings (SSSR count). The van der Waals surface area contributed by atoms with Crippen LogP contribution in [0.5, 0.6) is 0 Å². The summed E-state index contributed by atoms with van der Waals surface area (Å²) in [4.78, 5) is 14.9. The summed E-state index contributed by atoms with van der Waals surface area (Å²) in [6.07, 6.45) is -2.36. The molecule has 0 bridgehead atoms. The SMILES string of the molecule is CS(=O)(=O)NCC[C@H](NC(=O)N1CCc2c(cccc2-c2ccc(C(F)(F)F)cc2)C1)c1ccccc1. The zero-order valence-corrected chi connectivity index (χ0v) is 21.1. The molecule has 10 heteroatoms. The van der Waals surface area contributed by atoms with Crippen LogP contribution in [0.2, 0.25) is 0 Å². The van der Waals surface area contributed by atoms with Gasteiger partial charge in [0.05, 0.1) is 17.9 Å². The molecule has 2 amide bonds. The molecular formula is C27H28F3N3O3S. The summed E-state index contributed by atoms with van der Waals surface area (Å²) in [5, 5.41) is 3.03. The standard InChI is InChI=1S/C27H28F3N3O3S/c1-37(35,36)31-16-14-25(20-6-3-2-4-7-20)32-26(34)33-17-15-24-21(18-33)8-5-9-23(24)19-10-12-22(13-11-19)27(28,29)30/h2-13,25,31H,14-18H2,1H3,(H,32,34)/t25-/m0/s1. The van der Waals surface area contributed by atoms with Crippen molar-refractivity contribution in [3.05, 3.63) is 95.1 Å². The van der Waals surface area contributed by atoms with Gasteiger partial charge in [-0.2, -0.15) is 13.2 Å². The molecule has 6 nitrogen and oxygen atoms in total. The molecule has 2 N–H and O–H groups in total. The first-order valence-electron chi connectivity index (χ1n) is 11.8. The van der Waals surface area contributed by atoms with Crippen molar-refractivity contribution in [2.45, 2.75) is 31.6 Å². The number of benzene rings is 3. The van der Waals surface area contributed by atoms with E-state index in [0.29, 0.717) is 31.5 Å². The monoisotopic (exact) mass is 531 g/mol. The average Bonchev–Trinajstić information content (AvgIpc) is 2.86. The molecule has 0 aliphatic carbocycles. The van der Waals surface area contributed by atoms with Crippen molar-refractivity contribution in [3.63, 3.8) is 0 Å². The maximum absolute atomic E-state index is 13.2. The number of urea groups is 1. The van der Waals surface area contributed by atoms with E-state index in [1.165, 1.54) is 12.1 Å². The van der Waals surface area contributed by atoms with Crippen LogP contribution in [0.3, 0.4) is 0 Å². The average molecular weight is 532 g/mol. The van der Waals surface area contributed by atoms with E-state index in [1.807, 2.05) is 48.5 Å². The summed E-state index contributed by atoms with van der Waals surface area (Å²) in [5.74, 6) is 0. The molecule has 0 aromatic heterocycles. The fourth-order valence-electron chi connectivity index (χ4n) is 4.53. The Hall–Kier alpha value is -3.37. The second kappa shape index (κ2) is 10.9. The molecule has 1 heterocycles. The van der Waals surface area contributed by atoms with E-state index in [2.05, 4.69) is 10.0 Å². The zero-order chi connectivity index (χ0) is 26.6. The lowest BCUT2D eigenvalue weighted by atomic mass is 9.90. The molecular weight excluding hydrogens is 503 g/mol. The zero-order valence-electron chi connectivity index (χ0n) is 20.3. The van der Waals surface area contributed by atoms with Crippen molar-refractivity contribution in [2.24, 2.45) is 0 Å². The summed E-state index contributed by atoms with van der Waals surface area (Å²) in [5.41, 5.74) is 3.69. The third-order valence-corrected chi connectivity index (χ3v) is 7.10. The predicted molar refractivity (Wildman–Crippen MR) is 136 cm³/mol. The molecule has 0 unspecified atom stereocenters. The third-order valence-electron chi connectivity index (χ3n) is 6.37. The van der Waals surface area contributed by atoms with Crippen molar-refractivity contribution < 1.29 is 26.4 Å². The maximum Gasteiger partial charge on any atom is 0.416 e. The van der Waals surface area contributed by atoms with Gasteiger partial charge in [0.1, 0.15) is 0 Å². The summed E-state index contributed by atoms with van der Waals surface area (Å²) in [6, 6.07) is 19.5. The van der Waals surface area contributed by atoms with Gasteiger partial charge in [-0.25, -0.2) is 17.9 Å². The summed E-state index contributed by atoms with van der Waals surface area (Å²) in [6.45, 7) is 0.982. The van der Waals surface area contributed by atoms with Gasteiger partial charge in [-0.1, -0.05) is 60.7 Å². The van der Waals surface area contributed by atoms with Crippen molar-refractivity contribution in [2.75, 3.05) is 19.3 Å². The van der Waals surface area contributed by atoms with Gasteiger partial charge < -0.3 is 10.2 Å². The van der Waals surface area contributed by atoms with Crippen LogP contribution in [0, 0.1) is 0 Å². The molecule has 0 saturated heterocycles. The van der Waals surface area contributed by atoms with Gasteiger partial charge >= 0.3 is 12.2 Å². The Morgan fingerprint density at radius 1 is 1.00 bits per heavy atom. The Labute approximate surface area is 214 Å². The highest BCUT2D eigenvalue weighted by atomic mass is 32.2. The van der Waals surface area contributed by atoms with Crippen LogP contribution in [0.1, 0.15) is 34.7 Å².